The first-order valence-corrected chi connectivity index (χ1v) is 21.1. The van der Waals surface area contributed by atoms with Crippen LogP contribution < -0.4 is 5.32 Å². The lowest BCUT2D eigenvalue weighted by Crippen LogP contribution is -2.52. The zero-order valence-electron chi connectivity index (χ0n) is 32.2. The maximum atomic E-state index is 12.6. The Morgan fingerprint density at radius 2 is 0.837 bits per heavy atom. The molecule has 1 atom stereocenters. The monoisotopic (exact) mass is 724 g/mol. The predicted molar refractivity (Wildman–Crippen MR) is 199 cm³/mol. The van der Waals surface area contributed by atoms with Gasteiger partial charge < -0.3 is 14.6 Å². The maximum absolute atomic E-state index is 12.6. The van der Waals surface area contributed by atoms with Crippen LogP contribution in [-0.2, 0) is 33.6 Å². The van der Waals surface area contributed by atoms with Crippen LogP contribution in [0.2, 0.25) is 0 Å². The summed E-state index contributed by atoms with van der Waals surface area (Å²) in [5.74, 6) is -2.31. The molecule has 0 aromatic carbocycles. The van der Waals surface area contributed by atoms with Gasteiger partial charge in [-0.25, -0.2) is 5.32 Å². The lowest BCUT2D eigenvalue weighted by molar-refractivity contribution is -0.235. The molecule has 0 saturated carbocycles. The summed E-state index contributed by atoms with van der Waals surface area (Å²) in [6.07, 6.45) is 32.5. The highest BCUT2D eigenvalue weighted by Gasteiger charge is 2.33. The van der Waals surface area contributed by atoms with Gasteiger partial charge in [-0.05, 0) is 19.8 Å². The van der Waals surface area contributed by atoms with Crippen molar-refractivity contribution >= 4 is 22.3 Å². The van der Waals surface area contributed by atoms with Gasteiger partial charge in [0.05, 0.1) is 13.2 Å². The van der Waals surface area contributed by atoms with Crippen LogP contribution in [0.1, 0.15) is 207 Å². The van der Waals surface area contributed by atoms with E-state index in [1.54, 1.807) is 13.8 Å². The van der Waals surface area contributed by atoms with Gasteiger partial charge in [-0.1, -0.05) is 168 Å². The molecule has 0 aliphatic heterocycles. The first-order valence-electron chi connectivity index (χ1n) is 19.8. The Labute approximate surface area is 301 Å². The van der Waals surface area contributed by atoms with Crippen LogP contribution >= 0.6 is 0 Å². The predicted octanol–water partition coefficient (Wildman–Crippen LogP) is 10.1. The fourth-order valence-corrected chi connectivity index (χ4v) is 5.54. The third-order valence-corrected chi connectivity index (χ3v) is 8.94. The second kappa shape index (κ2) is 35.1. The minimum atomic E-state index is -4.16. The zero-order valence-corrected chi connectivity index (χ0v) is 33.1. The SMILES string of the molecule is CCCCCCCCCCCCCCCC(=O)OC(C)(NCC(C)O)OC(=O)CCCCCCCCCCCCCCC.COS(=O)(=O)O. The van der Waals surface area contributed by atoms with Crippen LogP contribution in [0.3, 0.4) is 0 Å². The largest absolute Gasteiger partial charge is 0.409 e. The Morgan fingerprint density at radius 3 is 1.06 bits per heavy atom. The number of hydrogen-bond acceptors (Lipinski definition) is 9. The van der Waals surface area contributed by atoms with Gasteiger partial charge in [0.2, 0.25) is 0 Å². The molecule has 49 heavy (non-hydrogen) atoms. The highest BCUT2D eigenvalue weighted by Crippen LogP contribution is 2.17. The molecule has 0 spiro atoms. The van der Waals surface area contributed by atoms with Crippen LogP contribution in [-0.4, -0.2) is 55.7 Å². The molecular weight excluding hydrogens is 646 g/mol. The number of unbranched alkanes of at least 4 members (excludes halogenated alkanes) is 24. The molecule has 0 bridgehead atoms. The van der Waals surface area contributed by atoms with Crippen molar-refractivity contribution in [3.63, 3.8) is 0 Å². The van der Waals surface area contributed by atoms with Gasteiger partial charge >= 0.3 is 28.2 Å². The number of aliphatic hydroxyl groups excluding tert-OH is 1. The summed E-state index contributed by atoms with van der Waals surface area (Å²) in [5.41, 5.74) is 0. The van der Waals surface area contributed by atoms with Gasteiger partial charge in [0, 0.05) is 26.3 Å². The molecule has 3 N–H and O–H groups in total. The molecule has 0 aliphatic carbocycles. The maximum Gasteiger partial charge on any atom is 0.397 e. The van der Waals surface area contributed by atoms with Crippen molar-refractivity contribution < 1.29 is 41.3 Å². The Hall–Kier alpha value is -1.27. The lowest BCUT2D eigenvalue weighted by atomic mass is 10.0. The van der Waals surface area contributed by atoms with Crippen LogP contribution in [0, 0.1) is 0 Å². The molecule has 0 aromatic heterocycles. The van der Waals surface area contributed by atoms with E-state index < -0.39 is 22.4 Å². The Morgan fingerprint density at radius 1 is 0.592 bits per heavy atom. The molecular formula is C38H77NO9S. The van der Waals surface area contributed by atoms with E-state index in [4.69, 9.17) is 14.0 Å². The number of ether oxygens (including phenoxy) is 2. The first kappa shape index (κ1) is 49.8. The van der Waals surface area contributed by atoms with E-state index in [9.17, 15) is 23.1 Å². The van der Waals surface area contributed by atoms with Crippen molar-refractivity contribution in [1.29, 1.82) is 0 Å². The molecule has 1 unspecified atom stereocenters. The first-order chi connectivity index (χ1) is 23.4. The molecule has 0 fully saturated rings. The third kappa shape index (κ3) is 41.0. The summed E-state index contributed by atoms with van der Waals surface area (Å²) in [5, 5.41) is 12.6. The minimum Gasteiger partial charge on any atom is -0.409 e. The fraction of sp³-hybridized carbons (Fsp3) is 0.947. The van der Waals surface area contributed by atoms with Crippen molar-refractivity contribution in [1.82, 2.24) is 5.32 Å². The molecule has 0 aliphatic rings. The number of carbonyl (C=O) groups is 2. The highest BCUT2D eigenvalue weighted by atomic mass is 32.3. The molecule has 0 heterocycles. The van der Waals surface area contributed by atoms with Gasteiger partial charge in [0.25, 0.3) is 0 Å². The second-order valence-electron chi connectivity index (χ2n) is 13.7. The third-order valence-electron chi connectivity index (χ3n) is 8.52. The minimum absolute atomic E-state index is 0.161. The Bertz CT molecular complexity index is 808. The zero-order chi connectivity index (χ0) is 37.1. The van der Waals surface area contributed by atoms with Crippen molar-refractivity contribution in [3.8, 4) is 0 Å². The average molecular weight is 724 g/mol. The molecule has 0 radical (unpaired) electrons. The molecule has 0 rings (SSSR count). The summed E-state index contributed by atoms with van der Waals surface area (Å²) in [6.45, 7) is 7.87. The number of esters is 2. The average Bonchev–Trinajstić information content (AvgIpc) is 3.04. The number of hydrogen-bond donors (Lipinski definition) is 3. The number of aliphatic hydroxyl groups is 1. The number of carbonyl (C=O) groups excluding carboxylic acids is 2. The quantitative estimate of drug-likeness (QED) is 0.0253. The Kier molecular flexibility index (Phi) is 35.7. The molecule has 0 amide bonds. The van der Waals surface area contributed by atoms with Crippen molar-refractivity contribution in [2.75, 3.05) is 13.7 Å². The standard InChI is InChI=1S/C37H73NO5.CH4O4S/c1-5-7-9-11-13-15-17-19-21-23-25-27-29-31-35(40)42-37(4,38-33-34(3)39)43-36(41)32-30-28-26-24-22-20-18-16-14-12-10-8-6-2;1-5-6(2,3)4/h34,38-39H,5-33H2,1-4H3;1H3,(H,2,3,4). The van der Waals surface area contributed by atoms with Gasteiger partial charge in [0.15, 0.2) is 0 Å². The van der Waals surface area contributed by atoms with E-state index in [1.165, 1.54) is 128 Å². The number of nitrogens with one attached hydrogen (secondary N) is 1. The van der Waals surface area contributed by atoms with Gasteiger partial charge in [-0.15, -0.1) is 0 Å². The summed E-state index contributed by atoms with van der Waals surface area (Å²) >= 11 is 0. The second-order valence-corrected chi connectivity index (χ2v) is 14.9. The lowest BCUT2D eigenvalue weighted by Gasteiger charge is -2.30. The van der Waals surface area contributed by atoms with E-state index in [0.29, 0.717) is 12.8 Å². The Balaban J connectivity index is 0. The van der Waals surface area contributed by atoms with E-state index in [1.807, 2.05) is 0 Å². The smallest absolute Gasteiger partial charge is 0.397 e. The topological polar surface area (TPSA) is 148 Å². The van der Waals surface area contributed by atoms with Gasteiger partial charge in [-0.2, -0.15) is 8.42 Å². The molecule has 0 saturated heterocycles. The van der Waals surface area contributed by atoms with Crippen LogP contribution in [0.5, 0.6) is 0 Å². The van der Waals surface area contributed by atoms with Gasteiger partial charge in [-0.3, -0.25) is 18.3 Å². The summed E-state index contributed by atoms with van der Waals surface area (Å²) in [7, 11) is -3.29. The van der Waals surface area contributed by atoms with E-state index in [0.717, 1.165) is 45.6 Å². The highest BCUT2D eigenvalue weighted by molar-refractivity contribution is 7.80. The molecule has 11 heteroatoms. The van der Waals surface area contributed by atoms with E-state index in [2.05, 4.69) is 23.3 Å². The fourth-order valence-electron chi connectivity index (χ4n) is 5.54. The van der Waals surface area contributed by atoms with Crippen molar-refractivity contribution in [2.45, 2.75) is 219 Å². The van der Waals surface area contributed by atoms with Crippen LogP contribution in [0.15, 0.2) is 0 Å². The molecule has 10 nitrogen and oxygen atoms in total. The van der Waals surface area contributed by atoms with Crippen molar-refractivity contribution in [3.05, 3.63) is 0 Å². The molecule has 0 aromatic rings. The van der Waals surface area contributed by atoms with E-state index in [-0.39, 0.29) is 18.5 Å². The van der Waals surface area contributed by atoms with E-state index >= 15 is 0 Å². The van der Waals surface area contributed by atoms with Crippen LogP contribution in [0.25, 0.3) is 0 Å². The number of rotatable bonds is 34. The van der Waals surface area contributed by atoms with Gasteiger partial charge in [0.1, 0.15) is 0 Å². The normalized spacial score (nSPS) is 12.3. The summed E-state index contributed by atoms with van der Waals surface area (Å²) in [4.78, 5) is 25.1. The summed E-state index contributed by atoms with van der Waals surface area (Å²) in [6, 6.07) is 0. The van der Waals surface area contributed by atoms with Crippen LogP contribution in [0.4, 0.5) is 0 Å². The molecule has 294 valence electrons. The summed E-state index contributed by atoms with van der Waals surface area (Å²) < 4.78 is 40.9. The van der Waals surface area contributed by atoms with Crippen molar-refractivity contribution in [2.24, 2.45) is 0 Å².